The molecule has 2 aliphatic rings. The van der Waals surface area contributed by atoms with E-state index < -0.39 is 29.4 Å². The number of amidine groups is 1. The Morgan fingerprint density at radius 3 is 2.71 bits per heavy atom. The number of hydrogen-bond acceptors (Lipinski definition) is 6. The third kappa shape index (κ3) is 2.96. The Morgan fingerprint density at radius 1 is 1.18 bits per heavy atom. The summed E-state index contributed by atoms with van der Waals surface area (Å²) in [6, 6.07) is 4.33. The number of halogens is 2. The van der Waals surface area contributed by atoms with Crippen LogP contribution in [0.4, 0.5) is 14.6 Å². The Kier molecular flexibility index (Phi) is 4.06. The van der Waals surface area contributed by atoms with E-state index in [4.69, 9.17) is 0 Å². The van der Waals surface area contributed by atoms with E-state index in [1.807, 2.05) is 0 Å². The van der Waals surface area contributed by atoms with Crippen LogP contribution in [0, 0.1) is 24.5 Å². The molecular weight excluding hydrogens is 372 g/mol. The van der Waals surface area contributed by atoms with E-state index in [1.54, 1.807) is 14.0 Å². The van der Waals surface area contributed by atoms with E-state index in [1.165, 1.54) is 22.0 Å². The molecule has 1 aromatic carbocycles. The Hall–Kier alpha value is -3.76. The van der Waals surface area contributed by atoms with Crippen LogP contribution in [0.5, 0.6) is 0 Å². The van der Waals surface area contributed by atoms with Crippen LogP contribution in [-0.4, -0.2) is 51.7 Å². The molecule has 1 aromatic heterocycles. The summed E-state index contributed by atoms with van der Waals surface area (Å²) in [5, 5.41) is 12.2. The number of fused-ring (bicyclic) bond motifs is 1. The zero-order valence-electron chi connectivity index (χ0n) is 14.7. The average molecular weight is 385 g/mol. The standard InChI is InChI=1S/C17H13F2N7O2/c1-8-5-13(21-15(27)9-3-4-11(18)12(19)6-9)26(24-8)17-22-14-10(16(28)23-17)7-20-25(14)2/h3-7,10H,1-2H3,(H,21,27). The first-order valence-electron chi connectivity index (χ1n) is 8.16. The first-order valence-corrected chi connectivity index (χ1v) is 8.16. The lowest BCUT2D eigenvalue weighted by atomic mass is 10.1. The number of nitrogens with one attached hydrogen (secondary N) is 1. The molecule has 0 saturated carbocycles. The monoisotopic (exact) mass is 385 g/mol. The van der Waals surface area contributed by atoms with Crippen molar-refractivity contribution < 1.29 is 18.4 Å². The summed E-state index contributed by atoms with van der Waals surface area (Å²) in [6.07, 6.45) is 1.45. The van der Waals surface area contributed by atoms with Crippen LogP contribution < -0.4 is 5.32 Å². The quantitative estimate of drug-likeness (QED) is 0.844. The van der Waals surface area contributed by atoms with E-state index in [0.29, 0.717) is 11.5 Å². The number of hydrogen-bond donors (Lipinski definition) is 1. The fourth-order valence-electron chi connectivity index (χ4n) is 2.77. The summed E-state index contributed by atoms with van der Waals surface area (Å²) in [6.45, 7) is 1.68. The summed E-state index contributed by atoms with van der Waals surface area (Å²) in [5.41, 5.74) is 0.440. The fourth-order valence-corrected chi connectivity index (χ4v) is 2.77. The normalized spacial score (nSPS) is 18.1. The topological polar surface area (TPSA) is 104 Å². The van der Waals surface area contributed by atoms with Crippen LogP contribution in [0.25, 0.3) is 0 Å². The third-order valence-electron chi connectivity index (χ3n) is 4.13. The number of benzene rings is 1. The van der Waals surface area contributed by atoms with Gasteiger partial charge in [0.2, 0.25) is 0 Å². The van der Waals surface area contributed by atoms with Crippen LogP contribution in [0.2, 0.25) is 0 Å². The van der Waals surface area contributed by atoms with Crippen LogP contribution in [0.15, 0.2) is 39.4 Å². The van der Waals surface area contributed by atoms with Gasteiger partial charge in [0.1, 0.15) is 17.6 Å². The Labute approximate surface area is 157 Å². The predicted octanol–water partition coefficient (Wildman–Crippen LogP) is 1.41. The van der Waals surface area contributed by atoms with Crippen molar-refractivity contribution in [3.63, 3.8) is 0 Å². The fraction of sp³-hybridized carbons (Fsp3) is 0.176. The maximum atomic E-state index is 13.4. The van der Waals surface area contributed by atoms with Crippen LogP contribution in [-0.2, 0) is 4.79 Å². The number of hydrazone groups is 1. The highest BCUT2D eigenvalue weighted by Gasteiger charge is 2.35. The minimum Gasteiger partial charge on any atom is -0.306 e. The molecule has 11 heteroatoms. The lowest BCUT2D eigenvalue weighted by Crippen LogP contribution is -2.35. The summed E-state index contributed by atoms with van der Waals surface area (Å²) in [5.74, 6) is -3.46. The molecule has 9 nitrogen and oxygen atoms in total. The smallest absolute Gasteiger partial charge is 0.265 e. The first kappa shape index (κ1) is 17.6. The van der Waals surface area contributed by atoms with Gasteiger partial charge in [-0.15, -0.1) is 0 Å². The number of aromatic nitrogens is 2. The molecular formula is C17H13F2N7O2. The van der Waals surface area contributed by atoms with E-state index in [2.05, 4.69) is 25.5 Å². The second-order valence-corrected chi connectivity index (χ2v) is 6.15. The average Bonchev–Trinajstić information content (AvgIpc) is 3.20. The zero-order valence-corrected chi connectivity index (χ0v) is 14.7. The molecule has 2 aromatic rings. The Bertz CT molecular complexity index is 1100. The molecule has 1 unspecified atom stereocenters. The van der Waals surface area contributed by atoms with Crippen LogP contribution in [0.3, 0.4) is 0 Å². The predicted molar refractivity (Wildman–Crippen MR) is 96.3 cm³/mol. The van der Waals surface area contributed by atoms with Gasteiger partial charge in [0.05, 0.1) is 5.69 Å². The number of nitrogens with zero attached hydrogens (tertiary/aromatic N) is 6. The molecule has 142 valence electrons. The largest absolute Gasteiger partial charge is 0.306 e. The highest BCUT2D eigenvalue weighted by molar-refractivity contribution is 6.24. The Balaban J connectivity index is 1.66. The van der Waals surface area contributed by atoms with Gasteiger partial charge in [-0.25, -0.2) is 8.78 Å². The second-order valence-electron chi connectivity index (χ2n) is 6.15. The SMILES string of the molecule is Cc1cc(NC(=O)c2ccc(F)c(F)c2)n(C2=NC(=O)C3C=NN(C)C3=N2)n1. The molecule has 28 heavy (non-hydrogen) atoms. The number of rotatable bonds is 2. The molecule has 0 aliphatic carbocycles. The van der Waals surface area contributed by atoms with Crippen molar-refractivity contribution in [1.29, 1.82) is 0 Å². The van der Waals surface area contributed by atoms with Gasteiger partial charge in [0, 0.05) is 24.9 Å². The summed E-state index contributed by atoms with van der Waals surface area (Å²) in [4.78, 5) is 32.9. The van der Waals surface area contributed by atoms with Gasteiger partial charge in [0.15, 0.2) is 11.6 Å². The molecule has 3 heterocycles. The second kappa shape index (κ2) is 6.44. The van der Waals surface area contributed by atoms with Gasteiger partial charge in [-0.3, -0.25) is 14.6 Å². The number of amides is 2. The van der Waals surface area contributed by atoms with Gasteiger partial charge in [0.25, 0.3) is 17.8 Å². The highest BCUT2D eigenvalue weighted by atomic mass is 19.2. The van der Waals surface area contributed by atoms with E-state index >= 15 is 0 Å². The van der Waals surface area contributed by atoms with Gasteiger partial charge >= 0.3 is 0 Å². The number of aryl methyl sites for hydroxylation is 1. The lowest BCUT2D eigenvalue weighted by molar-refractivity contribution is -0.118. The number of carbonyl (C=O) groups is 2. The van der Waals surface area contributed by atoms with Crippen LogP contribution >= 0.6 is 0 Å². The Morgan fingerprint density at radius 2 is 1.96 bits per heavy atom. The number of carbonyl (C=O) groups excluding carboxylic acids is 2. The number of anilines is 1. The molecule has 4 rings (SSSR count). The van der Waals surface area contributed by atoms with Gasteiger partial charge in [-0.1, -0.05) is 0 Å². The third-order valence-corrected chi connectivity index (χ3v) is 4.13. The summed E-state index contributed by atoms with van der Waals surface area (Å²) >= 11 is 0. The maximum Gasteiger partial charge on any atom is 0.265 e. The molecule has 2 aliphatic heterocycles. The molecule has 0 fully saturated rings. The van der Waals surface area contributed by atoms with Crippen molar-refractivity contribution >= 4 is 35.6 Å². The summed E-state index contributed by atoms with van der Waals surface area (Å²) < 4.78 is 27.7. The zero-order chi connectivity index (χ0) is 20.0. The summed E-state index contributed by atoms with van der Waals surface area (Å²) in [7, 11) is 1.64. The molecule has 1 atom stereocenters. The maximum absolute atomic E-state index is 13.4. The molecule has 0 saturated heterocycles. The van der Waals surface area contributed by atoms with Crippen molar-refractivity contribution in [1.82, 2.24) is 14.8 Å². The van der Waals surface area contributed by atoms with Gasteiger partial charge in [-0.05, 0) is 25.1 Å². The molecule has 0 bridgehead atoms. The highest BCUT2D eigenvalue weighted by Crippen LogP contribution is 2.20. The number of aliphatic imine (C=N–C) groups is 2. The molecule has 0 radical (unpaired) electrons. The van der Waals surface area contributed by atoms with Crippen molar-refractivity contribution in [3.05, 3.63) is 47.2 Å². The van der Waals surface area contributed by atoms with Crippen molar-refractivity contribution in [2.75, 3.05) is 12.4 Å². The van der Waals surface area contributed by atoms with E-state index in [9.17, 15) is 18.4 Å². The molecule has 0 spiro atoms. The van der Waals surface area contributed by atoms with Crippen molar-refractivity contribution in [3.8, 4) is 0 Å². The first-order chi connectivity index (χ1) is 13.3. The van der Waals surface area contributed by atoms with E-state index in [0.717, 1.165) is 18.2 Å². The lowest BCUT2D eigenvalue weighted by Gasteiger charge is -2.17. The molecule has 2 amide bonds. The van der Waals surface area contributed by atoms with E-state index in [-0.39, 0.29) is 17.3 Å². The van der Waals surface area contributed by atoms with Gasteiger partial charge < -0.3 is 5.32 Å². The van der Waals surface area contributed by atoms with Gasteiger partial charge in [-0.2, -0.15) is 24.9 Å². The van der Waals surface area contributed by atoms with Crippen molar-refractivity contribution in [2.24, 2.45) is 21.0 Å². The minimum atomic E-state index is -1.14. The van der Waals surface area contributed by atoms with Crippen LogP contribution in [0.1, 0.15) is 16.1 Å². The minimum absolute atomic E-state index is 0.0395. The van der Waals surface area contributed by atoms with Crippen molar-refractivity contribution in [2.45, 2.75) is 6.92 Å². The molecule has 1 N–H and O–H groups in total.